The number of anilines is 1. The van der Waals surface area contributed by atoms with Crippen LogP contribution in [0.1, 0.15) is 6.42 Å². The molecule has 0 unspecified atom stereocenters. The minimum absolute atomic E-state index is 0.118. The van der Waals surface area contributed by atoms with Crippen LogP contribution in [0.15, 0.2) is 18.2 Å². The molecule has 3 fully saturated rings. The van der Waals surface area contributed by atoms with Crippen LogP contribution in [0.2, 0.25) is 0 Å². The SMILES string of the molecule is COc1ccc(OC)c(N2C(=O)[C@H]3[C@@H]4C[C@@H]([C@@H](Br)[C@H]4Br)[C@@H]3C2=O)c1. The summed E-state index contributed by atoms with van der Waals surface area (Å²) >= 11 is 7.40. The van der Waals surface area contributed by atoms with E-state index in [-0.39, 0.29) is 45.1 Å². The second-order valence-corrected chi connectivity index (χ2v) is 8.67. The Balaban J connectivity index is 1.77. The van der Waals surface area contributed by atoms with Crippen LogP contribution in [0.4, 0.5) is 5.69 Å². The molecule has 2 bridgehead atoms. The maximum Gasteiger partial charge on any atom is 0.238 e. The van der Waals surface area contributed by atoms with Crippen LogP contribution in [0.5, 0.6) is 11.5 Å². The average molecular weight is 459 g/mol. The van der Waals surface area contributed by atoms with Crippen LogP contribution in [0.3, 0.4) is 0 Å². The van der Waals surface area contributed by atoms with Gasteiger partial charge in [-0.15, -0.1) is 0 Å². The van der Waals surface area contributed by atoms with Crippen LogP contribution >= 0.6 is 31.9 Å². The lowest BCUT2D eigenvalue weighted by Crippen LogP contribution is -2.37. The summed E-state index contributed by atoms with van der Waals surface area (Å²) < 4.78 is 10.6. The number of benzene rings is 1. The summed E-state index contributed by atoms with van der Waals surface area (Å²) in [6.07, 6.45) is 0.918. The molecule has 1 aromatic rings. The fourth-order valence-electron chi connectivity index (χ4n) is 4.56. The lowest BCUT2D eigenvalue weighted by atomic mass is 9.81. The first-order valence-electron chi connectivity index (χ1n) is 7.87. The minimum atomic E-state index is -0.239. The van der Waals surface area contributed by atoms with E-state index in [0.29, 0.717) is 17.2 Å². The highest BCUT2D eigenvalue weighted by atomic mass is 79.9. The lowest BCUT2D eigenvalue weighted by molar-refractivity contribution is -0.123. The van der Waals surface area contributed by atoms with E-state index in [9.17, 15) is 9.59 Å². The number of imide groups is 1. The number of carbonyl (C=O) groups is 2. The summed E-state index contributed by atoms with van der Waals surface area (Å²) in [5.41, 5.74) is 0.470. The maximum absolute atomic E-state index is 13.1. The van der Waals surface area contributed by atoms with Crippen molar-refractivity contribution < 1.29 is 19.1 Å². The molecule has 0 spiro atoms. The van der Waals surface area contributed by atoms with Gasteiger partial charge >= 0.3 is 0 Å². The molecule has 2 aliphatic carbocycles. The zero-order valence-electron chi connectivity index (χ0n) is 13.2. The number of halogens is 2. The van der Waals surface area contributed by atoms with Crippen molar-refractivity contribution in [3.63, 3.8) is 0 Å². The molecule has 7 heteroatoms. The molecule has 2 amide bonds. The van der Waals surface area contributed by atoms with Gasteiger partial charge in [-0.3, -0.25) is 9.59 Å². The van der Waals surface area contributed by atoms with Crippen LogP contribution in [0.25, 0.3) is 0 Å². The van der Waals surface area contributed by atoms with Crippen LogP contribution < -0.4 is 14.4 Å². The van der Waals surface area contributed by atoms with Crippen molar-refractivity contribution in [1.82, 2.24) is 0 Å². The Morgan fingerprint density at radius 3 is 2.08 bits per heavy atom. The van der Waals surface area contributed by atoms with Gasteiger partial charge in [-0.05, 0) is 30.4 Å². The van der Waals surface area contributed by atoms with Gasteiger partial charge in [0.25, 0.3) is 0 Å². The van der Waals surface area contributed by atoms with Gasteiger partial charge in [0.05, 0.1) is 31.7 Å². The Morgan fingerprint density at radius 1 is 1.00 bits per heavy atom. The third-order valence-electron chi connectivity index (χ3n) is 5.61. The number of methoxy groups -OCH3 is 2. The number of carbonyl (C=O) groups excluding carboxylic acids is 2. The highest BCUT2D eigenvalue weighted by Gasteiger charge is 2.66. The van der Waals surface area contributed by atoms with Crippen molar-refractivity contribution in [2.75, 3.05) is 19.1 Å². The van der Waals surface area contributed by atoms with E-state index in [4.69, 9.17) is 9.47 Å². The predicted octanol–water partition coefficient (Wildman–Crippen LogP) is 2.99. The van der Waals surface area contributed by atoms with Gasteiger partial charge in [-0.25, -0.2) is 4.90 Å². The number of nitrogens with zero attached hydrogens (tertiary/aromatic N) is 1. The molecule has 1 aromatic carbocycles. The molecule has 0 radical (unpaired) electrons. The van der Waals surface area contributed by atoms with E-state index < -0.39 is 0 Å². The second-order valence-electron chi connectivity index (χ2n) is 6.55. The molecule has 5 nitrogen and oxygen atoms in total. The van der Waals surface area contributed by atoms with Gasteiger partial charge < -0.3 is 9.47 Å². The Kier molecular flexibility index (Phi) is 3.91. The number of ether oxygens (including phenoxy) is 2. The molecule has 6 atom stereocenters. The van der Waals surface area contributed by atoms with E-state index in [2.05, 4.69) is 31.9 Å². The number of alkyl halides is 2. The first kappa shape index (κ1) is 16.4. The Labute approximate surface area is 156 Å². The zero-order valence-corrected chi connectivity index (χ0v) is 16.4. The molecule has 24 heavy (non-hydrogen) atoms. The van der Waals surface area contributed by atoms with E-state index >= 15 is 0 Å². The Bertz CT molecular complexity index is 693. The number of amides is 2. The molecule has 2 saturated carbocycles. The first-order chi connectivity index (χ1) is 11.5. The van der Waals surface area contributed by atoms with Gasteiger partial charge in [0.1, 0.15) is 11.5 Å². The molecule has 128 valence electrons. The largest absolute Gasteiger partial charge is 0.497 e. The number of rotatable bonds is 3. The summed E-state index contributed by atoms with van der Waals surface area (Å²) in [5, 5.41) is 0. The van der Waals surface area contributed by atoms with Gasteiger partial charge in [0.15, 0.2) is 0 Å². The maximum atomic E-state index is 13.1. The Hall–Kier alpha value is -1.08. The Morgan fingerprint density at radius 2 is 1.58 bits per heavy atom. The third-order valence-corrected chi connectivity index (χ3v) is 8.82. The van der Waals surface area contributed by atoms with Crippen LogP contribution in [0, 0.1) is 23.7 Å². The highest BCUT2D eigenvalue weighted by molar-refractivity contribution is 9.12. The summed E-state index contributed by atoms with van der Waals surface area (Å²) in [6, 6.07) is 5.16. The molecule has 0 N–H and O–H groups in total. The van der Waals surface area contributed by atoms with E-state index in [0.717, 1.165) is 6.42 Å². The van der Waals surface area contributed by atoms with Gasteiger partial charge in [0, 0.05) is 15.7 Å². The molecule has 3 aliphatic rings. The fraction of sp³-hybridized carbons (Fsp3) is 0.529. The molecule has 1 heterocycles. The first-order valence-corrected chi connectivity index (χ1v) is 9.70. The molecular weight excluding hydrogens is 442 g/mol. The zero-order chi connectivity index (χ0) is 17.2. The van der Waals surface area contributed by atoms with Gasteiger partial charge in [0.2, 0.25) is 11.8 Å². The van der Waals surface area contributed by atoms with Crippen molar-refractivity contribution in [3.8, 4) is 11.5 Å². The molecule has 1 saturated heterocycles. The van der Waals surface area contributed by atoms with Crippen LogP contribution in [-0.4, -0.2) is 35.7 Å². The average Bonchev–Trinajstić information content (AvgIpc) is 3.19. The van der Waals surface area contributed by atoms with E-state index in [1.807, 2.05) is 0 Å². The minimum Gasteiger partial charge on any atom is -0.497 e. The van der Waals surface area contributed by atoms with E-state index in [1.165, 1.54) is 12.0 Å². The topological polar surface area (TPSA) is 55.8 Å². The van der Waals surface area contributed by atoms with Crippen molar-refractivity contribution in [2.45, 2.75) is 16.1 Å². The summed E-state index contributed by atoms with van der Waals surface area (Å²) in [7, 11) is 3.09. The standard InChI is InChI=1S/C17H17Br2NO4/c1-23-7-3-4-11(24-2)10(5-7)20-16(21)12-8-6-9(13(12)17(20)22)15(19)14(8)18/h3-5,8-9,12-15H,6H2,1-2H3/t8-,9+,12-,13-,14-,15+/m0/s1. The predicted molar refractivity (Wildman–Crippen MR) is 96.0 cm³/mol. The number of hydrogen-bond donors (Lipinski definition) is 0. The van der Waals surface area contributed by atoms with Crippen molar-refractivity contribution in [1.29, 1.82) is 0 Å². The summed E-state index contributed by atoms with van der Waals surface area (Å²) in [4.78, 5) is 27.9. The third kappa shape index (κ3) is 2.03. The van der Waals surface area contributed by atoms with Gasteiger partial charge in [-0.1, -0.05) is 31.9 Å². The summed E-state index contributed by atoms with van der Waals surface area (Å²) in [5.74, 6) is 0.762. The molecule has 4 rings (SSSR count). The fourth-order valence-corrected chi connectivity index (χ4v) is 6.43. The lowest BCUT2D eigenvalue weighted by Gasteiger charge is -2.28. The molecular formula is C17H17Br2NO4. The van der Waals surface area contributed by atoms with Crippen LogP contribution in [-0.2, 0) is 9.59 Å². The van der Waals surface area contributed by atoms with E-state index in [1.54, 1.807) is 25.3 Å². The quantitative estimate of drug-likeness (QED) is 0.516. The smallest absolute Gasteiger partial charge is 0.238 e. The highest BCUT2D eigenvalue weighted by Crippen LogP contribution is 2.61. The molecule has 0 aromatic heterocycles. The van der Waals surface area contributed by atoms with Crippen molar-refractivity contribution in [3.05, 3.63) is 18.2 Å². The van der Waals surface area contributed by atoms with Gasteiger partial charge in [-0.2, -0.15) is 0 Å². The number of fused-ring (bicyclic) bond motifs is 5. The monoisotopic (exact) mass is 457 g/mol. The van der Waals surface area contributed by atoms with Crippen molar-refractivity contribution >= 4 is 49.4 Å². The number of hydrogen-bond acceptors (Lipinski definition) is 4. The molecule has 1 aliphatic heterocycles. The van der Waals surface area contributed by atoms with Crippen molar-refractivity contribution in [2.24, 2.45) is 23.7 Å². The second kappa shape index (κ2) is 5.73. The normalized spacial score (nSPS) is 37.1. The summed E-state index contributed by atoms with van der Waals surface area (Å²) in [6.45, 7) is 0.